The first-order valence-corrected chi connectivity index (χ1v) is 41.1. The summed E-state index contributed by atoms with van der Waals surface area (Å²) in [7, 11) is 0. The quantitative estimate of drug-likeness (QED) is 0.146. The Bertz CT molecular complexity index is 6070. The molecule has 0 saturated heterocycles. The molecule has 0 heterocycles. The molecule has 0 bridgehead atoms. The summed E-state index contributed by atoms with van der Waals surface area (Å²) in [4.78, 5) is 0. The molecule has 0 unspecified atom stereocenters. The van der Waals surface area contributed by atoms with Gasteiger partial charge in [0.2, 0.25) is 0 Å². The molecule has 0 aliphatic rings. The second kappa shape index (κ2) is 57.7. The van der Waals surface area contributed by atoms with Crippen molar-refractivity contribution < 1.29 is 126 Å². The Hall–Kier alpha value is -9.13. The number of hydrogen-bond donors (Lipinski definition) is 0. The van der Waals surface area contributed by atoms with Gasteiger partial charge in [-0.1, -0.05) is 216 Å². The maximum Gasteiger partial charge on any atom is 2.00 e. The molecule has 6 heteroatoms. The largest absolute Gasteiger partial charge is 2.00 e. The van der Waals surface area contributed by atoms with Crippen molar-refractivity contribution in [3.63, 3.8) is 0 Å². The van der Waals surface area contributed by atoms with Gasteiger partial charge >= 0.3 is 126 Å². The van der Waals surface area contributed by atoms with Crippen molar-refractivity contribution in [1.82, 2.24) is 0 Å². The van der Waals surface area contributed by atoms with Gasteiger partial charge in [0.15, 0.2) is 0 Å². The third-order valence-electron chi connectivity index (χ3n) is 20.2. The second-order valence-electron chi connectivity index (χ2n) is 31.0. The van der Waals surface area contributed by atoms with Crippen LogP contribution in [0.3, 0.4) is 0 Å². The van der Waals surface area contributed by atoms with Gasteiger partial charge in [0, 0.05) is 0 Å². The molecule has 0 saturated carbocycles. The zero-order valence-electron chi connectivity index (χ0n) is 75.6. The molecule has 632 valence electrons. The molecule has 0 spiro atoms. The van der Waals surface area contributed by atoms with Crippen molar-refractivity contribution >= 4 is 32.3 Å². The topological polar surface area (TPSA) is 0 Å². The molecule has 0 aliphatic carbocycles. The average molecular weight is 2670 g/mol. The van der Waals surface area contributed by atoms with E-state index in [2.05, 4.69) is 428 Å². The third-order valence-corrected chi connectivity index (χ3v) is 20.2. The number of aryl methyl sites for hydroxylation is 18. The molecular formula is C121H112W6. The van der Waals surface area contributed by atoms with Gasteiger partial charge in [-0.25, -0.2) is 66.8 Å². The minimum Gasteiger partial charge on any atom is -0.226 e. The van der Waals surface area contributed by atoms with Crippen LogP contribution < -0.4 is 0 Å². The van der Waals surface area contributed by atoms with Gasteiger partial charge in [-0.05, 0) is 90.6 Å². The number of hydrogen-bond acceptors (Lipinski definition) is 0. The van der Waals surface area contributed by atoms with Crippen LogP contribution in [0.2, 0.25) is 0 Å². The van der Waals surface area contributed by atoms with Crippen molar-refractivity contribution in [3.05, 3.63) is 501 Å². The summed E-state index contributed by atoms with van der Waals surface area (Å²) < 4.78 is 0. The van der Waals surface area contributed by atoms with Crippen LogP contribution in [-0.4, -0.2) is 0 Å². The molecule has 0 N–H and O–H groups in total. The molecule has 0 radical (unpaired) electrons. The summed E-state index contributed by atoms with van der Waals surface area (Å²) in [5, 5.41) is 8.12. The van der Waals surface area contributed by atoms with E-state index in [1.54, 1.807) is 0 Å². The van der Waals surface area contributed by atoms with E-state index < -0.39 is 0 Å². The first-order chi connectivity index (χ1) is 57.9. The third kappa shape index (κ3) is 35.7. The molecule has 18 rings (SSSR count). The van der Waals surface area contributed by atoms with Gasteiger partial charge < -0.3 is 0 Å². The van der Waals surface area contributed by atoms with Crippen LogP contribution in [0.15, 0.2) is 328 Å². The summed E-state index contributed by atoms with van der Waals surface area (Å²) in [6.07, 6.45) is 0. The fourth-order valence-electron chi connectivity index (χ4n) is 13.9. The van der Waals surface area contributed by atoms with Crippen LogP contribution in [0.25, 0.3) is 99.1 Å². The van der Waals surface area contributed by atoms with Crippen LogP contribution in [0.5, 0.6) is 0 Å². The van der Waals surface area contributed by atoms with Crippen molar-refractivity contribution in [2.75, 3.05) is 0 Å². The second-order valence-corrected chi connectivity index (χ2v) is 31.0. The van der Waals surface area contributed by atoms with Crippen LogP contribution in [0, 0.1) is 197 Å². The van der Waals surface area contributed by atoms with Gasteiger partial charge in [0.25, 0.3) is 0 Å². The number of rotatable bonds is 6. The summed E-state index contributed by atoms with van der Waals surface area (Å²) in [6, 6.07) is 151. The van der Waals surface area contributed by atoms with E-state index in [1.165, 1.54) is 132 Å². The predicted molar refractivity (Wildman–Crippen MR) is 521 cm³/mol. The Morgan fingerprint density at radius 3 is 1.00 bits per heavy atom. The molecule has 18 aromatic rings. The normalized spacial score (nSPS) is 9.69. The average Bonchev–Trinajstić information content (AvgIpc) is 0.828. The summed E-state index contributed by atoms with van der Waals surface area (Å²) in [6.45, 7) is 37.9. The monoisotopic (exact) mass is 2670 g/mol. The van der Waals surface area contributed by atoms with E-state index in [0.717, 1.165) is 66.8 Å². The predicted octanol–water partition coefficient (Wildman–Crippen LogP) is 32.4. The van der Waals surface area contributed by atoms with E-state index in [4.69, 9.17) is 0 Å². The Morgan fingerprint density at radius 2 is 0.520 bits per heavy atom. The summed E-state index contributed by atoms with van der Waals surface area (Å²) in [5.41, 5.74) is 36.5. The molecule has 0 aliphatic heterocycles. The van der Waals surface area contributed by atoms with Crippen molar-refractivity contribution in [2.45, 2.75) is 132 Å². The van der Waals surface area contributed by atoms with Gasteiger partial charge in [-0.2, -0.15) is 253 Å². The van der Waals surface area contributed by atoms with Crippen molar-refractivity contribution in [1.29, 1.82) is 0 Å². The Morgan fingerprint density at radius 1 is 0.165 bits per heavy atom. The maximum atomic E-state index is 3.33. The Balaban J connectivity index is 0.000000366. The zero-order valence-corrected chi connectivity index (χ0v) is 93.2. The fraction of sp³-hybridized carbons (Fsp3) is 0.157. The van der Waals surface area contributed by atoms with Crippen LogP contribution in [0.1, 0.15) is 108 Å². The van der Waals surface area contributed by atoms with Crippen molar-refractivity contribution in [2.24, 2.45) is 0 Å². The molecular weight excluding hydrogens is 2560 g/mol. The summed E-state index contributed by atoms with van der Waals surface area (Å²) >= 11 is 0. The van der Waals surface area contributed by atoms with Gasteiger partial charge in [0.05, 0.1) is 0 Å². The minimum atomic E-state index is 0. The van der Waals surface area contributed by atoms with E-state index in [9.17, 15) is 0 Å². The SMILES string of the molecule is C.Cc1[c-]c(-c2[c-]cccc2)cc(C)c1.Cc1[c-]c(-c2[c-]cccc2C)ccc1.Cc1c[c-]c(-c2[c-]cc(C)cc2)cc1.Cc1cc(C)c2ccccc2c1.Cc1cc[c-]c(-c2[c-]ccc(C)c2)c1.Cc1cc[c-]c(-c2[c-]cccc2C)c1.Cc1ccc2c(C)cccc2c1.Cc1ccc2cccc(C)c2c1.Cc1ccc[c-]c1-c1[c-]cccc1C.[W+2].[W+2].[W+2].[W+2].[W+2].[W+2]. The zero-order chi connectivity index (χ0) is 85.5. The van der Waals surface area contributed by atoms with Crippen LogP contribution >= 0.6 is 0 Å². The van der Waals surface area contributed by atoms with E-state index in [1.807, 2.05) is 97.1 Å². The van der Waals surface area contributed by atoms with Gasteiger partial charge in [0.1, 0.15) is 0 Å². The maximum absolute atomic E-state index is 3.33. The summed E-state index contributed by atoms with van der Waals surface area (Å²) in [5.74, 6) is 0. The standard InChI is InChI=1S/6C14H12.3C12H12.CH4.6W/c1-11-3-7-13(8-4-11)14-9-5-12(2)6-10-14;1-11-5-3-7-13(9-11)14-8-4-6-12(2)10-14;1-11-7-3-5-9-13(11)14-10-6-4-8-12(14)2;2*1-11-6-5-8-13(10-11)14-9-4-3-7-12(14)2;1-11-8-12(2)10-14(9-11)13-6-4-3-5-7-13;1-9-6-7-12-10(2)4-3-5-11(12)8-9;1-9-6-7-11-5-3-4-10(2)12(11)8-9;1-9-7-10(2)12-6-4-3-5-11(12)8-9;;;;;;;/h3-7,9H,1-2H3;3-6,9-10H,1-2H3;3-8H,1-2H3;3-7,10H,1-2H3;3-8H,1-2H3;3-6,8-9H,1-2H3;3*3-8H,1-2H3;1H4;;;;;;/q6*-2;;;;;6*+2. The Labute approximate surface area is 849 Å². The molecule has 0 aromatic heterocycles. The van der Waals surface area contributed by atoms with Gasteiger partial charge in [-0.15, -0.1) is 105 Å². The fourth-order valence-corrected chi connectivity index (χ4v) is 13.9. The van der Waals surface area contributed by atoms with Crippen molar-refractivity contribution in [3.8, 4) is 66.8 Å². The molecule has 127 heavy (non-hydrogen) atoms. The smallest absolute Gasteiger partial charge is 0.226 e. The molecule has 0 atom stereocenters. The van der Waals surface area contributed by atoms with Crippen LogP contribution in [0.4, 0.5) is 0 Å². The molecule has 0 fully saturated rings. The van der Waals surface area contributed by atoms with E-state index in [0.29, 0.717) is 0 Å². The minimum absolute atomic E-state index is 0. The Kier molecular flexibility index (Phi) is 50.9. The van der Waals surface area contributed by atoms with Crippen LogP contribution in [-0.2, 0) is 126 Å². The molecule has 18 aromatic carbocycles. The van der Waals surface area contributed by atoms with Gasteiger partial charge in [-0.3, -0.25) is 0 Å². The first kappa shape index (κ1) is 112. The number of fused-ring (bicyclic) bond motifs is 3. The van der Waals surface area contributed by atoms with E-state index in [-0.39, 0.29) is 134 Å². The number of benzene rings is 18. The first-order valence-electron chi connectivity index (χ1n) is 41.1. The molecule has 0 amide bonds. The van der Waals surface area contributed by atoms with E-state index >= 15 is 0 Å². The molecule has 0 nitrogen and oxygen atoms in total.